The summed E-state index contributed by atoms with van der Waals surface area (Å²) in [6.45, 7) is 3.50. The third kappa shape index (κ3) is 3.48. The highest BCUT2D eigenvalue weighted by Crippen LogP contribution is 2.24. The van der Waals surface area contributed by atoms with Crippen LogP contribution in [0, 0.1) is 5.92 Å². The summed E-state index contributed by atoms with van der Waals surface area (Å²) in [5.41, 5.74) is 7.40. The van der Waals surface area contributed by atoms with Crippen molar-refractivity contribution in [2.45, 2.75) is 25.8 Å². The smallest absolute Gasteiger partial charge is 0.257 e. The van der Waals surface area contributed by atoms with Crippen molar-refractivity contribution >= 4 is 21.8 Å². The number of halogens is 1. The van der Waals surface area contributed by atoms with E-state index in [9.17, 15) is 4.79 Å². The minimum atomic E-state index is 0.0238. The van der Waals surface area contributed by atoms with Crippen LogP contribution in [0.4, 0.5) is 0 Å². The van der Waals surface area contributed by atoms with Gasteiger partial charge in [0.25, 0.3) is 5.91 Å². The molecule has 0 saturated carbocycles. The van der Waals surface area contributed by atoms with Gasteiger partial charge in [-0.25, -0.2) is 4.68 Å². The van der Waals surface area contributed by atoms with Crippen molar-refractivity contribution in [2.75, 3.05) is 13.1 Å². The Hall–Kier alpha value is -1.66. The van der Waals surface area contributed by atoms with E-state index in [1.807, 2.05) is 29.2 Å². The van der Waals surface area contributed by atoms with E-state index in [4.69, 9.17) is 5.73 Å². The van der Waals surface area contributed by atoms with Crippen LogP contribution >= 0.6 is 15.9 Å². The molecule has 1 amide bonds. The van der Waals surface area contributed by atoms with Crippen molar-refractivity contribution in [3.63, 3.8) is 0 Å². The van der Waals surface area contributed by atoms with Crippen LogP contribution in [0.25, 0.3) is 5.69 Å². The zero-order valence-electron chi connectivity index (χ0n) is 13.2. The van der Waals surface area contributed by atoms with Crippen LogP contribution in [0.15, 0.2) is 41.1 Å². The van der Waals surface area contributed by atoms with Gasteiger partial charge in [0.1, 0.15) is 0 Å². The second-order valence-corrected chi connectivity index (χ2v) is 7.08. The van der Waals surface area contributed by atoms with Crippen molar-refractivity contribution < 1.29 is 4.79 Å². The quantitative estimate of drug-likeness (QED) is 0.895. The Morgan fingerprint density at radius 2 is 2.13 bits per heavy atom. The number of rotatable bonds is 3. The summed E-state index contributed by atoms with van der Waals surface area (Å²) in [5, 5.41) is 4.32. The maximum atomic E-state index is 12.8. The lowest BCUT2D eigenvalue weighted by atomic mass is 9.92. The highest BCUT2D eigenvalue weighted by atomic mass is 79.9. The molecule has 1 aliphatic rings. The summed E-state index contributed by atoms with van der Waals surface area (Å²) in [6, 6.07) is 7.94. The summed E-state index contributed by atoms with van der Waals surface area (Å²) < 4.78 is 2.74. The number of likely N-dealkylation sites (tertiary alicyclic amines) is 1. The van der Waals surface area contributed by atoms with E-state index in [-0.39, 0.29) is 11.9 Å². The van der Waals surface area contributed by atoms with Gasteiger partial charge in [-0.1, -0.05) is 22.9 Å². The summed E-state index contributed by atoms with van der Waals surface area (Å²) in [5.74, 6) is 0.647. The second-order valence-electron chi connectivity index (χ2n) is 6.17. The predicted molar refractivity (Wildman–Crippen MR) is 93.5 cm³/mol. The number of hydrogen-bond acceptors (Lipinski definition) is 3. The molecule has 2 atom stereocenters. The van der Waals surface area contributed by atoms with Gasteiger partial charge >= 0.3 is 0 Å². The average molecular weight is 377 g/mol. The standard InChI is InChI=1S/C17H21BrN4O/c1-12-6-7-21(16(8-12)9-19)17(23)13-10-20-22(11-13)15-4-2-14(18)3-5-15/h2-5,10-12,16H,6-9,19H2,1H3. The fraction of sp³-hybridized carbons (Fsp3) is 0.412. The van der Waals surface area contributed by atoms with Gasteiger partial charge in [-0.3, -0.25) is 4.79 Å². The first kappa shape index (κ1) is 16.2. The summed E-state index contributed by atoms with van der Waals surface area (Å²) in [7, 11) is 0. The second kappa shape index (κ2) is 6.84. The SMILES string of the molecule is CC1CCN(C(=O)c2cnn(-c3ccc(Br)cc3)c2)C(CN)C1. The van der Waals surface area contributed by atoms with Crippen LogP contribution in [-0.4, -0.2) is 39.7 Å². The third-order valence-electron chi connectivity index (χ3n) is 4.43. The van der Waals surface area contributed by atoms with Gasteiger partial charge in [0.05, 0.1) is 17.4 Å². The Balaban J connectivity index is 1.79. The van der Waals surface area contributed by atoms with E-state index in [1.54, 1.807) is 17.1 Å². The van der Waals surface area contributed by atoms with E-state index in [2.05, 4.69) is 28.0 Å². The molecule has 2 heterocycles. The summed E-state index contributed by atoms with van der Waals surface area (Å²) in [4.78, 5) is 14.7. The van der Waals surface area contributed by atoms with Crippen LogP contribution in [0.3, 0.4) is 0 Å². The van der Waals surface area contributed by atoms with E-state index >= 15 is 0 Å². The molecule has 3 rings (SSSR count). The lowest BCUT2D eigenvalue weighted by Crippen LogP contribution is -2.49. The molecule has 2 unspecified atom stereocenters. The van der Waals surface area contributed by atoms with Crippen LogP contribution in [0.2, 0.25) is 0 Å². The van der Waals surface area contributed by atoms with E-state index < -0.39 is 0 Å². The topological polar surface area (TPSA) is 64.2 Å². The molecule has 5 nitrogen and oxygen atoms in total. The zero-order valence-corrected chi connectivity index (χ0v) is 14.7. The lowest BCUT2D eigenvalue weighted by molar-refractivity contribution is 0.0573. The molecular formula is C17H21BrN4O. The molecule has 0 aliphatic carbocycles. The number of piperidine rings is 1. The van der Waals surface area contributed by atoms with Gasteiger partial charge < -0.3 is 10.6 Å². The number of nitrogens with two attached hydrogens (primary N) is 1. The number of amides is 1. The molecule has 2 N–H and O–H groups in total. The first-order valence-corrected chi connectivity index (χ1v) is 8.69. The number of hydrogen-bond donors (Lipinski definition) is 1. The van der Waals surface area contributed by atoms with E-state index in [0.29, 0.717) is 18.0 Å². The fourth-order valence-electron chi connectivity index (χ4n) is 3.08. The van der Waals surface area contributed by atoms with Gasteiger partial charge in [-0.2, -0.15) is 5.10 Å². The van der Waals surface area contributed by atoms with Crippen molar-refractivity contribution in [3.8, 4) is 5.69 Å². The molecule has 1 fully saturated rings. The maximum absolute atomic E-state index is 12.8. The zero-order chi connectivity index (χ0) is 16.4. The van der Waals surface area contributed by atoms with Gasteiger partial charge in [0, 0.05) is 29.8 Å². The van der Waals surface area contributed by atoms with Crippen LogP contribution in [0.1, 0.15) is 30.1 Å². The van der Waals surface area contributed by atoms with Crippen LogP contribution in [-0.2, 0) is 0 Å². The van der Waals surface area contributed by atoms with Gasteiger partial charge in [0.15, 0.2) is 0 Å². The third-order valence-corrected chi connectivity index (χ3v) is 4.96. The molecule has 6 heteroatoms. The normalized spacial score (nSPS) is 21.4. The molecule has 23 heavy (non-hydrogen) atoms. The number of nitrogens with zero attached hydrogens (tertiary/aromatic N) is 3. The van der Waals surface area contributed by atoms with Crippen LogP contribution < -0.4 is 5.73 Å². The Morgan fingerprint density at radius 1 is 1.39 bits per heavy atom. The number of aromatic nitrogens is 2. The average Bonchev–Trinajstić information content (AvgIpc) is 3.04. The summed E-state index contributed by atoms with van der Waals surface area (Å²) in [6.07, 6.45) is 5.43. The minimum Gasteiger partial charge on any atom is -0.334 e. The molecule has 0 radical (unpaired) electrons. The number of carbonyl (C=O) groups excluding carboxylic acids is 1. The highest BCUT2D eigenvalue weighted by molar-refractivity contribution is 9.10. The molecule has 0 spiro atoms. The molecule has 1 aliphatic heterocycles. The van der Waals surface area contributed by atoms with Crippen molar-refractivity contribution in [1.29, 1.82) is 0 Å². The maximum Gasteiger partial charge on any atom is 0.257 e. The van der Waals surface area contributed by atoms with Gasteiger partial charge in [-0.15, -0.1) is 0 Å². The number of carbonyl (C=O) groups is 1. The Bertz CT molecular complexity index is 682. The summed E-state index contributed by atoms with van der Waals surface area (Å²) >= 11 is 3.42. The molecule has 1 saturated heterocycles. The number of benzene rings is 1. The van der Waals surface area contributed by atoms with Crippen LogP contribution in [0.5, 0.6) is 0 Å². The Kier molecular flexibility index (Phi) is 4.82. The van der Waals surface area contributed by atoms with E-state index in [0.717, 1.165) is 29.5 Å². The molecule has 122 valence electrons. The van der Waals surface area contributed by atoms with Crippen molar-refractivity contribution in [3.05, 3.63) is 46.7 Å². The van der Waals surface area contributed by atoms with Crippen molar-refractivity contribution in [1.82, 2.24) is 14.7 Å². The lowest BCUT2D eigenvalue weighted by Gasteiger charge is -2.37. The monoisotopic (exact) mass is 376 g/mol. The molecule has 1 aromatic heterocycles. The molecule has 1 aromatic carbocycles. The fourth-order valence-corrected chi connectivity index (χ4v) is 3.34. The Morgan fingerprint density at radius 3 is 2.83 bits per heavy atom. The molecule has 2 aromatic rings. The van der Waals surface area contributed by atoms with Gasteiger partial charge in [-0.05, 0) is 43.0 Å². The predicted octanol–water partition coefficient (Wildman–Crippen LogP) is 2.83. The first-order chi connectivity index (χ1) is 11.1. The van der Waals surface area contributed by atoms with Gasteiger partial charge in [0.2, 0.25) is 0 Å². The molecular weight excluding hydrogens is 356 g/mol. The van der Waals surface area contributed by atoms with Crippen molar-refractivity contribution in [2.24, 2.45) is 11.7 Å². The van der Waals surface area contributed by atoms with E-state index in [1.165, 1.54) is 0 Å². The highest BCUT2D eigenvalue weighted by Gasteiger charge is 2.30. The minimum absolute atomic E-state index is 0.0238. The largest absolute Gasteiger partial charge is 0.334 e. The first-order valence-electron chi connectivity index (χ1n) is 7.90. The molecule has 0 bridgehead atoms. The Labute approximate surface area is 144 Å².